The van der Waals surface area contributed by atoms with Gasteiger partial charge in [-0.15, -0.1) is 0 Å². The summed E-state index contributed by atoms with van der Waals surface area (Å²) in [5.41, 5.74) is 2.69. The van der Waals surface area contributed by atoms with Crippen molar-refractivity contribution in [1.82, 2.24) is 0 Å². The molecule has 0 unspecified atom stereocenters. The van der Waals surface area contributed by atoms with Crippen LogP contribution in [0.15, 0.2) is 11.6 Å². The Kier molecular flexibility index (Phi) is 4.82. The number of allylic oxidation sites excluding steroid dienone is 2. The maximum absolute atomic E-state index is 10.3. The van der Waals surface area contributed by atoms with Gasteiger partial charge < -0.3 is 9.84 Å². The summed E-state index contributed by atoms with van der Waals surface area (Å²) >= 11 is 0. The molecule has 0 spiro atoms. The topological polar surface area (TPSA) is 29.5 Å². The van der Waals surface area contributed by atoms with E-state index in [1.165, 1.54) is 51.4 Å². The SMILES string of the molecule is C/C=C1/CC[C@H]2[C@@H]3CC[C@H]4C[C@H](O)CC[C@]4(CCOC)[C@H]3CC[C@]12C. The largest absolute Gasteiger partial charge is 0.393 e. The minimum Gasteiger partial charge on any atom is -0.393 e. The predicted octanol–water partition coefficient (Wildman–Crippen LogP) is 5.35. The number of hydrogen-bond acceptors (Lipinski definition) is 2. The second-order valence-electron chi connectivity index (χ2n) is 9.86. The third kappa shape index (κ3) is 2.65. The molecule has 0 aromatic carbocycles. The summed E-state index contributed by atoms with van der Waals surface area (Å²) in [4.78, 5) is 0. The third-order valence-electron chi connectivity index (χ3n) is 9.30. The highest BCUT2D eigenvalue weighted by atomic mass is 16.5. The second-order valence-corrected chi connectivity index (χ2v) is 9.86. The van der Waals surface area contributed by atoms with Gasteiger partial charge in [0, 0.05) is 13.7 Å². The number of ether oxygens (including phenoxy) is 1. The van der Waals surface area contributed by atoms with Crippen molar-refractivity contribution in [3.63, 3.8) is 0 Å². The van der Waals surface area contributed by atoms with Crippen molar-refractivity contribution >= 4 is 0 Å². The number of hydrogen-bond donors (Lipinski definition) is 1. The van der Waals surface area contributed by atoms with Gasteiger partial charge in [-0.25, -0.2) is 0 Å². The lowest BCUT2D eigenvalue weighted by molar-refractivity contribution is -0.135. The summed E-state index contributed by atoms with van der Waals surface area (Å²) in [6.45, 7) is 5.74. The molecule has 4 aliphatic carbocycles. The van der Waals surface area contributed by atoms with Crippen LogP contribution in [0.2, 0.25) is 0 Å². The van der Waals surface area contributed by atoms with Crippen molar-refractivity contribution in [3.8, 4) is 0 Å². The fourth-order valence-electron chi connectivity index (χ4n) is 8.14. The molecule has 0 aromatic heterocycles. The highest BCUT2D eigenvalue weighted by molar-refractivity contribution is 5.23. The van der Waals surface area contributed by atoms with Gasteiger partial charge in [0.15, 0.2) is 0 Å². The van der Waals surface area contributed by atoms with Gasteiger partial charge in [-0.2, -0.15) is 0 Å². The normalized spacial score (nSPS) is 51.0. The van der Waals surface area contributed by atoms with E-state index in [9.17, 15) is 5.11 Å². The zero-order chi connectivity index (χ0) is 17.7. The van der Waals surface area contributed by atoms with E-state index in [1.54, 1.807) is 5.57 Å². The van der Waals surface area contributed by atoms with Crippen LogP contribution in [0.5, 0.6) is 0 Å². The molecular formula is C23H38O2. The van der Waals surface area contributed by atoms with Gasteiger partial charge in [-0.05, 0) is 106 Å². The molecule has 0 aliphatic heterocycles. The molecule has 142 valence electrons. The van der Waals surface area contributed by atoms with E-state index in [0.717, 1.165) is 43.1 Å². The molecule has 7 atom stereocenters. The van der Waals surface area contributed by atoms with Crippen LogP contribution < -0.4 is 0 Å². The maximum Gasteiger partial charge on any atom is 0.0543 e. The van der Waals surface area contributed by atoms with Crippen molar-refractivity contribution < 1.29 is 9.84 Å². The number of methoxy groups -OCH3 is 1. The van der Waals surface area contributed by atoms with E-state index < -0.39 is 0 Å². The average Bonchev–Trinajstić information content (AvgIpc) is 2.96. The third-order valence-corrected chi connectivity index (χ3v) is 9.30. The summed E-state index contributed by atoms with van der Waals surface area (Å²) in [5, 5.41) is 10.3. The van der Waals surface area contributed by atoms with Crippen molar-refractivity contribution in [3.05, 3.63) is 11.6 Å². The molecule has 0 radical (unpaired) electrons. The van der Waals surface area contributed by atoms with Crippen LogP contribution >= 0.6 is 0 Å². The van der Waals surface area contributed by atoms with E-state index in [4.69, 9.17) is 4.74 Å². The first-order chi connectivity index (χ1) is 12.0. The summed E-state index contributed by atoms with van der Waals surface area (Å²) in [6, 6.07) is 0. The fourth-order valence-corrected chi connectivity index (χ4v) is 8.14. The minimum atomic E-state index is -0.0489. The van der Waals surface area contributed by atoms with Crippen LogP contribution in [0.4, 0.5) is 0 Å². The lowest BCUT2D eigenvalue weighted by Gasteiger charge is -2.61. The van der Waals surface area contributed by atoms with Crippen LogP contribution in [0.3, 0.4) is 0 Å². The van der Waals surface area contributed by atoms with Crippen LogP contribution in [0.1, 0.15) is 78.1 Å². The highest BCUT2D eigenvalue weighted by Crippen LogP contribution is 2.68. The molecule has 0 aromatic rings. The first-order valence-corrected chi connectivity index (χ1v) is 10.9. The summed E-state index contributed by atoms with van der Waals surface area (Å²) < 4.78 is 5.56. The van der Waals surface area contributed by atoms with Gasteiger partial charge in [0.2, 0.25) is 0 Å². The molecule has 4 fully saturated rings. The van der Waals surface area contributed by atoms with Crippen LogP contribution in [-0.2, 0) is 4.74 Å². The van der Waals surface area contributed by atoms with Crippen LogP contribution in [0.25, 0.3) is 0 Å². The van der Waals surface area contributed by atoms with Crippen molar-refractivity contribution in [2.75, 3.05) is 13.7 Å². The van der Waals surface area contributed by atoms with E-state index in [2.05, 4.69) is 19.9 Å². The highest BCUT2D eigenvalue weighted by Gasteiger charge is 2.60. The molecule has 4 rings (SSSR count). The van der Waals surface area contributed by atoms with Crippen molar-refractivity contribution in [2.24, 2.45) is 34.5 Å². The zero-order valence-corrected chi connectivity index (χ0v) is 16.6. The lowest BCUT2D eigenvalue weighted by atomic mass is 9.43. The Hall–Kier alpha value is -0.340. The molecule has 0 saturated heterocycles. The lowest BCUT2D eigenvalue weighted by Crippen LogP contribution is -2.55. The molecule has 0 amide bonds. The minimum absolute atomic E-state index is 0.0489. The molecule has 0 heterocycles. The Morgan fingerprint density at radius 1 is 1.12 bits per heavy atom. The monoisotopic (exact) mass is 346 g/mol. The molecule has 4 aliphatic rings. The Labute approximate surface area is 154 Å². The van der Waals surface area contributed by atoms with Gasteiger partial charge in [-0.1, -0.05) is 18.6 Å². The van der Waals surface area contributed by atoms with Gasteiger partial charge >= 0.3 is 0 Å². The van der Waals surface area contributed by atoms with Gasteiger partial charge in [-0.3, -0.25) is 0 Å². The van der Waals surface area contributed by atoms with Gasteiger partial charge in [0.1, 0.15) is 0 Å². The van der Waals surface area contributed by atoms with Gasteiger partial charge in [0.25, 0.3) is 0 Å². The van der Waals surface area contributed by atoms with E-state index >= 15 is 0 Å². The molecule has 2 nitrogen and oxygen atoms in total. The molecule has 2 heteroatoms. The van der Waals surface area contributed by atoms with Crippen LogP contribution in [0, 0.1) is 34.5 Å². The number of rotatable bonds is 3. The quantitative estimate of drug-likeness (QED) is 0.698. The van der Waals surface area contributed by atoms with Crippen molar-refractivity contribution in [1.29, 1.82) is 0 Å². The molecule has 4 saturated carbocycles. The summed E-state index contributed by atoms with van der Waals surface area (Å²) in [6.07, 6.45) is 15.2. The number of aliphatic hydroxyl groups is 1. The smallest absolute Gasteiger partial charge is 0.0543 e. The van der Waals surface area contributed by atoms with E-state index in [0.29, 0.717) is 10.8 Å². The van der Waals surface area contributed by atoms with Crippen LogP contribution in [-0.4, -0.2) is 24.9 Å². The second kappa shape index (κ2) is 6.68. The standard InChI is InChI=1S/C23H38O2/c1-4-16-6-8-20-19-7-5-17-15-18(24)9-12-23(17,13-14-25-3)21(19)10-11-22(16,20)2/h4,17-21,24H,5-15H2,1-3H3/b16-4-/t17-,18+,19-,20-,21-,22+,23+/m0/s1. The van der Waals surface area contributed by atoms with E-state index in [-0.39, 0.29) is 6.10 Å². The van der Waals surface area contributed by atoms with Crippen molar-refractivity contribution in [2.45, 2.75) is 84.2 Å². The summed E-state index contributed by atoms with van der Waals surface area (Å²) in [7, 11) is 1.86. The van der Waals surface area contributed by atoms with Gasteiger partial charge in [0.05, 0.1) is 6.10 Å². The summed E-state index contributed by atoms with van der Waals surface area (Å²) in [5.74, 6) is 3.44. The molecule has 0 bridgehead atoms. The first-order valence-electron chi connectivity index (χ1n) is 10.9. The molecular weight excluding hydrogens is 308 g/mol. The molecule has 1 N–H and O–H groups in total. The van der Waals surface area contributed by atoms with E-state index in [1.807, 2.05) is 7.11 Å². The Morgan fingerprint density at radius 2 is 1.96 bits per heavy atom. The Bertz CT molecular complexity index is 522. The number of fused-ring (bicyclic) bond motifs is 5. The Morgan fingerprint density at radius 3 is 2.72 bits per heavy atom. The Balaban J connectivity index is 1.65. The maximum atomic E-state index is 10.3. The number of aliphatic hydroxyl groups excluding tert-OH is 1. The zero-order valence-electron chi connectivity index (χ0n) is 16.6. The molecule has 25 heavy (non-hydrogen) atoms. The predicted molar refractivity (Wildman–Crippen MR) is 102 cm³/mol. The first kappa shape index (κ1) is 18.0. The fraction of sp³-hybridized carbons (Fsp3) is 0.913. The average molecular weight is 347 g/mol.